The largest absolute Gasteiger partial charge is 0.491 e. The highest BCUT2D eigenvalue weighted by atomic mass is 16.5. The molecule has 0 radical (unpaired) electrons. The number of nitrogens with zero attached hydrogens (tertiary/aromatic N) is 4. The summed E-state index contributed by atoms with van der Waals surface area (Å²) < 4.78 is 11.1. The number of amides is 1. The third-order valence-corrected chi connectivity index (χ3v) is 4.16. The van der Waals surface area contributed by atoms with E-state index in [0.29, 0.717) is 13.2 Å². The van der Waals surface area contributed by atoms with Gasteiger partial charge in [0.2, 0.25) is 0 Å². The number of aromatic nitrogens is 3. The van der Waals surface area contributed by atoms with E-state index < -0.39 is 5.91 Å². The van der Waals surface area contributed by atoms with Gasteiger partial charge < -0.3 is 14.8 Å². The molecule has 0 aliphatic carbocycles. The molecular weight excluding hydrogens is 382 g/mol. The average molecular weight is 409 g/mol. The average Bonchev–Trinajstić information content (AvgIpc) is 2.78. The van der Waals surface area contributed by atoms with Gasteiger partial charge in [-0.3, -0.25) is 4.79 Å². The van der Waals surface area contributed by atoms with Crippen LogP contribution in [0.25, 0.3) is 6.08 Å². The SMILES string of the molecule is CCCOCCOc1ccc(C(CCC)NC(=O)/C(C#N)=C/c2ncncn2)cc1. The topological polar surface area (TPSA) is 110 Å². The second kappa shape index (κ2) is 13.0. The number of rotatable bonds is 12. The lowest BCUT2D eigenvalue weighted by molar-refractivity contribution is -0.117. The lowest BCUT2D eigenvalue weighted by Gasteiger charge is -2.19. The summed E-state index contributed by atoms with van der Waals surface area (Å²) in [7, 11) is 0. The fourth-order valence-corrected chi connectivity index (χ4v) is 2.71. The standard InChI is InChI=1S/C22H27N5O3/c1-3-5-20(17-6-8-19(9-7-17)30-12-11-29-10-4-2)27-22(28)18(14-23)13-21-25-15-24-16-26-21/h6-9,13,15-16,20H,3-5,10-12H2,1-2H3,(H,27,28)/b18-13+. The van der Waals surface area contributed by atoms with Gasteiger partial charge in [-0.05, 0) is 30.5 Å². The van der Waals surface area contributed by atoms with Crippen LogP contribution in [0.4, 0.5) is 0 Å². The molecule has 2 aromatic rings. The Morgan fingerprint density at radius 3 is 2.50 bits per heavy atom. The van der Waals surface area contributed by atoms with Crippen LogP contribution in [0.1, 0.15) is 50.5 Å². The van der Waals surface area contributed by atoms with Crippen LogP contribution in [0.3, 0.4) is 0 Å². The summed E-state index contributed by atoms with van der Waals surface area (Å²) >= 11 is 0. The molecule has 1 aromatic carbocycles. The summed E-state index contributed by atoms with van der Waals surface area (Å²) in [5.41, 5.74) is 0.881. The summed E-state index contributed by atoms with van der Waals surface area (Å²) in [6, 6.07) is 9.27. The molecular formula is C22H27N5O3. The molecule has 2 rings (SSSR count). The lowest BCUT2D eigenvalue weighted by atomic mass is 10.0. The highest BCUT2D eigenvalue weighted by molar-refractivity contribution is 6.01. The Hall–Kier alpha value is -3.31. The van der Waals surface area contributed by atoms with Crippen LogP contribution in [-0.2, 0) is 9.53 Å². The molecule has 1 amide bonds. The van der Waals surface area contributed by atoms with Crippen molar-refractivity contribution in [2.45, 2.75) is 39.2 Å². The van der Waals surface area contributed by atoms with E-state index in [2.05, 4.69) is 27.2 Å². The van der Waals surface area contributed by atoms with E-state index >= 15 is 0 Å². The van der Waals surface area contributed by atoms with Crippen molar-refractivity contribution in [3.63, 3.8) is 0 Å². The van der Waals surface area contributed by atoms with Gasteiger partial charge in [0.15, 0.2) is 5.82 Å². The number of benzene rings is 1. The maximum atomic E-state index is 12.6. The Bertz CT molecular complexity index is 847. The summed E-state index contributed by atoms with van der Waals surface area (Å²) in [6.07, 6.45) is 6.56. The van der Waals surface area contributed by atoms with E-state index in [9.17, 15) is 10.1 Å². The Morgan fingerprint density at radius 1 is 1.13 bits per heavy atom. The number of nitriles is 1. The first kappa shape index (κ1) is 23.0. The molecule has 0 aliphatic rings. The van der Waals surface area contributed by atoms with Crippen LogP contribution < -0.4 is 10.1 Å². The first-order chi connectivity index (χ1) is 14.7. The van der Waals surface area contributed by atoms with Crippen LogP contribution in [0, 0.1) is 11.3 Å². The fourth-order valence-electron chi connectivity index (χ4n) is 2.71. The summed E-state index contributed by atoms with van der Waals surface area (Å²) in [5, 5.41) is 12.3. The third-order valence-electron chi connectivity index (χ3n) is 4.16. The molecule has 1 N–H and O–H groups in total. The predicted molar refractivity (Wildman–Crippen MR) is 112 cm³/mol. The molecule has 8 nitrogen and oxygen atoms in total. The van der Waals surface area contributed by atoms with E-state index in [4.69, 9.17) is 9.47 Å². The number of carbonyl (C=O) groups excluding carboxylic acids is 1. The minimum absolute atomic E-state index is 0.0608. The van der Waals surface area contributed by atoms with Gasteiger partial charge in [0, 0.05) is 12.7 Å². The molecule has 1 heterocycles. The van der Waals surface area contributed by atoms with Crippen molar-refractivity contribution in [3.8, 4) is 11.8 Å². The number of carbonyl (C=O) groups is 1. The van der Waals surface area contributed by atoms with Crippen LogP contribution in [0.2, 0.25) is 0 Å². The fraction of sp³-hybridized carbons (Fsp3) is 0.409. The van der Waals surface area contributed by atoms with E-state index in [1.165, 1.54) is 18.7 Å². The van der Waals surface area contributed by atoms with Crippen LogP contribution in [-0.4, -0.2) is 40.7 Å². The highest BCUT2D eigenvalue weighted by Crippen LogP contribution is 2.22. The van der Waals surface area contributed by atoms with Crippen molar-refractivity contribution in [1.29, 1.82) is 5.26 Å². The zero-order valence-electron chi connectivity index (χ0n) is 17.4. The molecule has 0 spiro atoms. The third kappa shape index (κ3) is 7.60. The van der Waals surface area contributed by atoms with Gasteiger partial charge in [-0.25, -0.2) is 15.0 Å². The molecule has 30 heavy (non-hydrogen) atoms. The number of hydrogen-bond acceptors (Lipinski definition) is 7. The van der Waals surface area contributed by atoms with Gasteiger partial charge in [-0.2, -0.15) is 5.26 Å². The Balaban J connectivity index is 2.01. The van der Waals surface area contributed by atoms with Gasteiger partial charge in [-0.15, -0.1) is 0 Å². The van der Waals surface area contributed by atoms with E-state index in [1.54, 1.807) is 0 Å². The minimum Gasteiger partial charge on any atom is -0.491 e. The molecule has 0 fully saturated rings. The smallest absolute Gasteiger partial charge is 0.262 e. The quantitative estimate of drug-likeness (QED) is 0.325. The normalized spacial score (nSPS) is 12.1. The molecule has 0 saturated carbocycles. The molecule has 1 aromatic heterocycles. The van der Waals surface area contributed by atoms with Gasteiger partial charge in [-0.1, -0.05) is 32.4 Å². The van der Waals surface area contributed by atoms with Crippen molar-refractivity contribution in [1.82, 2.24) is 20.3 Å². The zero-order valence-corrected chi connectivity index (χ0v) is 17.4. The van der Waals surface area contributed by atoms with Crippen molar-refractivity contribution in [3.05, 3.63) is 53.9 Å². The molecule has 0 bridgehead atoms. The maximum Gasteiger partial charge on any atom is 0.262 e. The molecule has 158 valence electrons. The molecule has 0 saturated heterocycles. The summed E-state index contributed by atoms with van der Waals surface area (Å²) in [5.74, 6) is 0.533. The first-order valence-electron chi connectivity index (χ1n) is 10.0. The molecule has 1 atom stereocenters. The summed E-state index contributed by atoms with van der Waals surface area (Å²) in [4.78, 5) is 24.2. The van der Waals surface area contributed by atoms with Gasteiger partial charge in [0.25, 0.3) is 5.91 Å². The molecule has 8 heteroatoms. The number of ether oxygens (including phenoxy) is 2. The van der Waals surface area contributed by atoms with Crippen LogP contribution >= 0.6 is 0 Å². The van der Waals surface area contributed by atoms with Crippen LogP contribution in [0.15, 0.2) is 42.5 Å². The van der Waals surface area contributed by atoms with E-state index in [0.717, 1.165) is 37.2 Å². The first-order valence-corrected chi connectivity index (χ1v) is 10.0. The predicted octanol–water partition coefficient (Wildman–Crippen LogP) is 3.24. The van der Waals surface area contributed by atoms with Crippen molar-refractivity contribution in [2.75, 3.05) is 19.8 Å². The maximum absolute atomic E-state index is 12.6. The van der Waals surface area contributed by atoms with Gasteiger partial charge in [0.05, 0.1) is 12.6 Å². The van der Waals surface area contributed by atoms with Crippen molar-refractivity contribution < 1.29 is 14.3 Å². The molecule has 0 aliphatic heterocycles. The minimum atomic E-state index is -0.468. The second-order valence-electron chi connectivity index (χ2n) is 6.51. The van der Waals surface area contributed by atoms with E-state index in [-0.39, 0.29) is 17.4 Å². The second-order valence-corrected chi connectivity index (χ2v) is 6.51. The highest BCUT2D eigenvalue weighted by Gasteiger charge is 2.17. The number of hydrogen-bond donors (Lipinski definition) is 1. The van der Waals surface area contributed by atoms with Gasteiger partial charge >= 0.3 is 0 Å². The van der Waals surface area contributed by atoms with Crippen LogP contribution in [0.5, 0.6) is 5.75 Å². The number of nitrogens with one attached hydrogen (secondary N) is 1. The van der Waals surface area contributed by atoms with Crippen molar-refractivity contribution >= 4 is 12.0 Å². The molecule has 1 unspecified atom stereocenters. The lowest BCUT2D eigenvalue weighted by Crippen LogP contribution is -2.29. The van der Waals surface area contributed by atoms with Crippen molar-refractivity contribution in [2.24, 2.45) is 0 Å². The Kier molecular flexibility index (Phi) is 9.97. The Labute approximate surface area is 177 Å². The summed E-state index contributed by atoms with van der Waals surface area (Å²) in [6.45, 7) is 5.87. The Morgan fingerprint density at radius 2 is 1.87 bits per heavy atom. The van der Waals surface area contributed by atoms with E-state index in [1.807, 2.05) is 37.3 Å². The monoisotopic (exact) mass is 409 g/mol. The van der Waals surface area contributed by atoms with Gasteiger partial charge in [0.1, 0.15) is 36.7 Å². The zero-order chi connectivity index (χ0) is 21.6.